The van der Waals surface area contributed by atoms with Gasteiger partial charge in [0.15, 0.2) is 0 Å². The first-order valence-corrected chi connectivity index (χ1v) is 8.01. The smallest absolute Gasteiger partial charge is 0.335 e. The Labute approximate surface area is 145 Å². The highest BCUT2D eigenvalue weighted by molar-refractivity contribution is 6.33. The Morgan fingerprint density at radius 2 is 1.88 bits per heavy atom. The zero-order chi connectivity index (χ0) is 16.9. The van der Waals surface area contributed by atoms with Crippen molar-refractivity contribution in [3.63, 3.8) is 0 Å². The molecule has 0 spiro atoms. The van der Waals surface area contributed by atoms with E-state index in [0.29, 0.717) is 10.7 Å². The van der Waals surface area contributed by atoms with Gasteiger partial charge in [0, 0.05) is 25.0 Å². The van der Waals surface area contributed by atoms with Gasteiger partial charge in [0.2, 0.25) is 0 Å². The summed E-state index contributed by atoms with van der Waals surface area (Å²) in [5.41, 5.74) is 2.67. The third-order valence-corrected chi connectivity index (χ3v) is 4.13. The molecule has 2 aromatic rings. The van der Waals surface area contributed by atoms with Crippen LogP contribution in [0, 0.1) is 0 Å². The molecule has 24 heavy (non-hydrogen) atoms. The van der Waals surface area contributed by atoms with E-state index >= 15 is 0 Å². The molecular weight excluding hydrogens is 328 g/mol. The lowest BCUT2D eigenvalue weighted by Crippen LogP contribution is -2.36. The monoisotopic (exact) mass is 344 g/mol. The number of carboxylic acids is 1. The molecule has 5 nitrogen and oxygen atoms in total. The Bertz CT molecular complexity index is 753. The van der Waals surface area contributed by atoms with Crippen molar-refractivity contribution in [2.24, 2.45) is 4.99 Å². The molecule has 6 heteroatoms. The molecule has 1 fully saturated rings. The first-order chi connectivity index (χ1) is 11.6. The number of halogens is 1. The number of carboxylic acid groups (broad SMARTS) is 1. The van der Waals surface area contributed by atoms with E-state index < -0.39 is 5.97 Å². The fraction of sp³-hybridized carbons (Fsp3) is 0.222. The van der Waals surface area contributed by atoms with E-state index in [9.17, 15) is 4.79 Å². The van der Waals surface area contributed by atoms with Gasteiger partial charge in [0.1, 0.15) is 0 Å². The highest BCUT2D eigenvalue weighted by Crippen LogP contribution is 2.26. The number of aliphatic imine (C=N–C) groups is 1. The number of ether oxygens (including phenoxy) is 1. The SMILES string of the molecule is O=C(O)c1ccc(Cl)c(N=Cc2ccc(N3CCOCC3)cc2)c1. The van der Waals surface area contributed by atoms with Gasteiger partial charge >= 0.3 is 5.97 Å². The third kappa shape index (κ3) is 3.93. The Morgan fingerprint density at radius 3 is 2.54 bits per heavy atom. The highest BCUT2D eigenvalue weighted by atomic mass is 35.5. The second-order valence-corrected chi connectivity index (χ2v) is 5.83. The van der Waals surface area contributed by atoms with Gasteiger partial charge in [0.25, 0.3) is 0 Å². The summed E-state index contributed by atoms with van der Waals surface area (Å²) in [6.45, 7) is 3.29. The van der Waals surface area contributed by atoms with Gasteiger partial charge in [-0.25, -0.2) is 4.79 Å². The zero-order valence-electron chi connectivity index (χ0n) is 13.0. The fourth-order valence-corrected chi connectivity index (χ4v) is 2.65. The lowest BCUT2D eigenvalue weighted by molar-refractivity contribution is 0.0697. The summed E-state index contributed by atoms with van der Waals surface area (Å²) in [7, 11) is 0. The van der Waals surface area contributed by atoms with E-state index in [1.165, 1.54) is 12.1 Å². The van der Waals surface area contributed by atoms with E-state index in [4.69, 9.17) is 21.4 Å². The van der Waals surface area contributed by atoms with Crippen molar-refractivity contribution >= 4 is 35.2 Å². The van der Waals surface area contributed by atoms with Gasteiger partial charge in [0.05, 0.1) is 29.5 Å². The molecule has 1 heterocycles. The summed E-state index contributed by atoms with van der Waals surface area (Å²) < 4.78 is 5.35. The number of morpholine rings is 1. The Kier molecular flexibility index (Phi) is 5.13. The maximum Gasteiger partial charge on any atom is 0.335 e. The number of aromatic carboxylic acids is 1. The van der Waals surface area contributed by atoms with Crippen LogP contribution in [0.25, 0.3) is 0 Å². The summed E-state index contributed by atoms with van der Waals surface area (Å²) in [5, 5.41) is 9.45. The molecular formula is C18H17ClN2O3. The van der Waals surface area contributed by atoms with Gasteiger partial charge in [-0.1, -0.05) is 23.7 Å². The molecule has 0 aliphatic carbocycles. The second-order valence-electron chi connectivity index (χ2n) is 5.42. The molecule has 124 valence electrons. The van der Waals surface area contributed by atoms with E-state index in [1.54, 1.807) is 12.3 Å². The molecule has 0 bridgehead atoms. The second kappa shape index (κ2) is 7.47. The summed E-state index contributed by atoms with van der Waals surface area (Å²) in [4.78, 5) is 17.6. The van der Waals surface area contributed by atoms with Gasteiger partial charge < -0.3 is 14.7 Å². The predicted octanol–water partition coefficient (Wildman–Crippen LogP) is 3.63. The highest BCUT2D eigenvalue weighted by Gasteiger charge is 2.10. The molecule has 0 aromatic heterocycles. The van der Waals surface area contributed by atoms with Crippen LogP contribution in [0.5, 0.6) is 0 Å². The van der Waals surface area contributed by atoms with Crippen molar-refractivity contribution in [2.75, 3.05) is 31.2 Å². The number of nitrogens with zero attached hydrogens (tertiary/aromatic N) is 2. The average molecular weight is 345 g/mol. The molecule has 0 unspecified atom stereocenters. The van der Waals surface area contributed by atoms with E-state index in [0.717, 1.165) is 37.6 Å². The van der Waals surface area contributed by atoms with Crippen molar-refractivity contribution in [1.82, 2.24) is 0 Å². The summed E-state index contributed by atoms with van der Waals surface area (Å²) in [5.74, 6) is -1.00. The van der Waals surface area contributed by atoms with Crippen molar-refractivity contribution in [2.45, 2.75) is 0 Å². The normalized spacial score (nSPS) is 15.0. The van der Waals surface area contributed by atoms with Gasteiger partial charge in [-0.3, -0.25) is 4.99 Å². The van der Waals surface area contributed by atoms with Crippen LogP contribution in [0.2, 0.25) is 5.02 Å². The quantitative estimate of drug-likeness (QED) is 0.860. The standard InChI is InChI=1S/C18H17ClN2O3/c19-16-6-3-14(18(22)23)11-17(16)20-12-13-1-4-15(5-2-13)21-7-9-24-10-8-21/h1-6,11-12H,7-10H2,(H,22,23). The van der Waals surface area contributed by atoms with E-state index in [2.05, 4.69) is 9.89 Å². The van der Waals surface area contributed by atoms with E-state index in [-0.39, 0.29) is 5.56 Å². The van der Waals surface area contributed by atoms with Crippen LogP contribution < -0.4 is 4.90 Å². The number of hydrogen-bond donors (Lipinski definition) is 1. The Morgan fingerprint density at radius 1 is 1.17 bits per heavy atom. The summed E-state index contributed by atoms with van der Waals surface area (Å²) in [6, 6.07) is 12.5. The maximum atomic E-state index is 11.0. The molecule has 1 saturated heterocycles. The molecule has 1 aliphatic heterocycles. The van der Waals surface area contributed by atoms with Crippen molar-refractivity contribution in [3.8, 4) is 0 Å². The number of anilines is 1. The molecule has 1 N–H and O–H groups in total. The summed E-state index contributed by atoms with van der Waals surface area (Å²) in [6.07, 6.45) is 1.68. The third-order valence-electron chi connectivity index (χ3n) is 3.82. The van der Waals surface area contributed by atoms with Crippen molar-refractivity contribution in [1.29, 1.82) is 0 Å². The van der Waals surface area contributed by atoms with E-state index in [1.807, 2.05) is 24.3 Å². The fourth-order valence-electron chi connectivity index (χ4n) is 2.48. The van der Waals surface area contributed by atoms with Crippen LogP contribution >= 0.6 is 11.6 Å². The zero-order valence-corrected chi connectivity index (χ0v) is 13.7. The minimum absolute atomic E-state index is 0.161. The molecule has 3 rings (SSSR count). The molecule has 0 amide bonds. The molecule has 1 aliphatic rings. The molecule has 0 saturated carbocycles. The van der Waals surface area contributed by atoms with Crippen LogP contribution in [0.3, 0.4) is 0 Å². The first-order valence-electron chi connectivity index (χ1n) is 7.63. The first kappa shape index (κ1) is 16.5. The molecule has 0 radical (unpaired) electrons. The number of benzene rings is 2. The lowest BCUT2D eigenvalue weighted by Gasteiger charge is -2.28. The minimum Gasteiger partial charge on any atom is -0.478 e. The van der Waals surface area contributed by atoms with Crippen molar-refractivity contribution in [3.05, 3.63) is 58.6 Å². The van der Waals surface area contributed by atoms with Crippen LogP contribution in [-0.4, -0.2) is 43.6 Å². The maximum absolute atomic E-state index is 11.0. The number of carbonyl (C=O) groups is 1. The van der Waals surface area contributed by atoms with Gasteiger partial charge in [-0.2, -0.15) is 0 Å². The van der Waals surface area contributed by atoms with Gasteiger partial charge in [-0.15, -0.1) is 0 Å². The predicted molar refractivity (Wildman–Crippen MR) is 95.1 cm³/mol. The van der Waals surface area contributed by atoms with Gasteiger partial charge in [-0.05, 0) is 35.9 Å². The number of rotatable bonds is 4. The number of hydrogen-bond acceptors (Lipinski definition) is 4. The lowest BCUT2D eigenvalue weighted by atomic mass is 10.2. The largest absolute Gasteiger partial charge is 0.478 e. The van der Waals surface area contributed by atoms with Crippen molar-refractivity contribution < 1.29 is 14.6 Å². The van der Waals surface area contributed by atoms with Crippen LogP contribution in [0.1, 0.15) is 15.9 Å². The topological polar surface area (TPSA) is 62.1 Å². The molecule has 0 atom stereocenters. The van der Waals surface area contributed by atoms with Crippen LogP contribution in [0.15, 0.2) is 47.5 Å². The minimum atomic E-state index is -1.00. The summed E-state index contributed by atoms with van der Waals surface area (Å²) >= 11 is 6.07. The average Bonchev–Trinajstić information content (AvgIpc) is 2.62. The molecule has 2 aromatic carbocycles. The van der Waals surface area contributed by atoms with Crippen LogP contribution in [-0.2, 0) is 4.74 Å². The Balaban J connectivity index is 1.75. The van der Waals surface area contributed by atoms with Crippen LogP contribution in [0.4, 0.5) is 11.4 Å². The Hall–Kier alpha value is -2.37.